The van der Waals surface area contributed by atoms with E-state index >= 15 is 0 Å². The molecule has 0 N–H and O–H groups in total. The van der Waals surface area contributed by atoms with Gasteiger partial charge in [-0.15, -0.1) is 0 Å². The summed E-state index contributed by atoms with van der Waals surface area (Å²) in [6, 6.07) is 2.32. The molecule has 0 aliphatic heterocycles. The minimum Gasteiger partial charge on any atom is -0.381 e. The highest BCUT2D eigenvalue weighted by Crippen LogP contribution is 2.29. The lowest BCUT2D eigenvalue weighted by Gasteiger charge is -2.28. The molecular formula is C9H15NO. The Bertz CT molecular complexity index is 161. The first-order chi connectivity index (χ1) is 5.26. The number of hydrogen-bond acceptors (Lipinski definition) is 2. The number of methoxy groups -OCH3 is 1. The molecule has 11 heavy (non-hydrogen) atoms. The van der Waals surface area contributed by atoms with Gasteiger partial charge < -0.3 is 4.74 Å². The fraction of sp³-hybridized carbons (Fsp3) is 0.889. The highest BCUT2D eigenvalue weighted by atomic mass is 16.5. The van der Waals surface area contributed by atoms with Crippen LogP contribution in [0.15, 0.2) is 0 Å². The van der Waals surface area contributed by atoms with E-state index in [1.54, 1.807) is 7.11 Å². The Balaban J connectivity index is 2.45. The van der Waals surface area contributed by atoms with E-state index in [1.165, 1.54) is 0 Å². The molecule has 62 valence electrons. The van der Waals surface area contributed by atoms with Crippen LogP contribution in [0.4, 0.5) is 0 Å². The lowest BCUT2D eigenvalue weighted by molar-refractivity contribution is 0.0419. The molecule has 0 amide bonds. The summed E-state index contributed by atoms with van der Waals surface area (Å²) >= 11 is 0. The summed E-state index contributed by atoms with van der Waals surface area (Å²) in [5.74, 6) is 0.877. The molecule has 0 spiro atoms. The fourth-order valence-corrected chi connectivity index (χ4v) is 1.84. The summed E-state index contributed by atoms with van der Waals surface area (Å²) in [5, 5.41) is 8.72. The largest absolute Gasteiger partial charge is 0.381 e. The van der Waals surface area contributed by atoms with Crippen molar-refractivity contribution >= 4 is 0 Å². The Kier molecular flexibility index (Phi) is 2.90. The van der Waals surface area contributed by atoms with Crippen LogP contribution >= 0.6 is 0 Å². The monoisotopic (exact) mass is 153 g/mol. The lowest BCUT2D eigenvalue weighted by Crippen LogP contribution is -2.25. The van der Waals surface area contributed by atoms with Gasteiger partial charge in [-0.1, -0.05) is 6.92 Å². The maximum Gasteiger partial charge on any atom is 0.0656 e. The highest BCUT2D eigenvalue weighted by molar-refractivity contribution is 4.90. The Morgan fingerprint density at radius 2 is 2.09 bits per heavy atom. The summed E-state index contributed by atoms with van der Waals surface area (Å²) in [4.78, 5) is 0. The zero-order valence-corrected chi connectivity index (χ0v) is 7.21. The predicted molar refractivity (Wildman–Crippen MR) is 42.9 cm³/mol. The van der Waals surface area contributed by atoms with Gasteiger partial charge >= 0.3 is 0 Å². The zero-order valence-electron chi connectivity index (χ0n) is 7.21. The smallest absolute Gasteiger partial charge is 0.0656 e. The average molecular weight is 153 g/mol. The molecule has 1 fully saturated rings. The Morgan fingerprint density at radius 1 is 1.36 bits per heavy atom. The van der Waals surface area contributed by atoms with Gasteiger partial charge in [0, 0.05) is 13.0 Å². The molecule has 1 aliphatic rings. The Labute approximate surface area is 68.2 Å². The van der Waals surface area contributed by atoms with Crippen molar-refractivity contribution < 1.29 is 4.74 Å². The third kappa shape index (κ3) is 2.20. The third-order valence-electron chi connectivity index (χ3n) is 2.42. The van der Waals surface area contributed by atoms with Crippen molar-refractivity contribution in [1.82, 2.24) is 0 Å². The van der Waals surface area contributed by atoms with Crippen LogP contribution in [-0.4, -0.2) is 13.2 Å². The van der Waals surface area contributed by atoms with Crippen molar-refractivity contribution in [1.29, 1.82) is 5.26 Å². The Morgan fingerprint density at radius 3 is 2.64 bits per heavy atom. The molecule has 3 atom stereocenters. The quantitative estimate of drug-likeness (QED) is 0.577. The van der Waals surface area contributed by atoms with Gasteiger partial charge in [0.1, 0.15) is 0 Å². The highest BCUT2D eigenvalue weighted by Gasteiger charge is 2.25. The van der Waals surface area contributed by atoms with E-state index in [-0.39, 0.29) is 5.92 Å². The van der Waals surface area contributed by atoms with Crippen LogP contribution in [-0.2, 0) is 4.74 Å². The van der Waals surface area contributed by atoms with Gasteiger partial charge in [0.05, 0.1) is 12.2 Å². The van der Waals surface area contributed by atoms with Crippen molar-refractivity contribution in [2.45, 2.75) is 32.3 Å². The zero-order chi connectivity index (χ0) is 8.27. The molecule has 1 aliphatic carbocycles. The van der Waals surface area contributed by atoms with Crippen molar-refractivity contribution in [2.24, 2.45) is 11.8 Å². The van der Waals surface area contributed by atoms with Crippen LogP contribution in [0.1, 0.15) is 26.2 Å². The van der Waals surface area contributed by atoms with E-state index in [9.17, 15) is 0 Å². The molecule has 1 rings (SSSR count). The lowest BCUT2D eigenvalue weighted by atomic mass is 9.81. The number of ether oxygens (including phenoxy) is 1. The molecule has 0 saturated heterocycles. The first-order valence-corrected chi connectivity index (χ1v) is 4.18. The SMILES string of the molecule is COC1CC(C)CC(C#N)C1. The van der Waals surface area contributed by atoms with Gasteiger partial charge in [0.2, 0.25) is 0 Å². The molecule has 3 unspecified atom stereocenters. The van der Waals surface area contributed by atoms with Crippen molar-refractivity contribution in [3.8, 4) is 6.07 Å². The van der Waals surface area contributed by atoms with Gasteiger partial charge in [-0.2, -0.15) is 5.26 Å². The molecule has 0 heterocycles. The van der Waals surface area contributed by atoms with Crippen molar-refractivity contribution in [3.63, 3.8) is 0 Å². The summed E-state index contributed by atoms with van der Waals surface area (Å²) in [6.07, 6.45) is 3.42. The Hall–Kier alpha value is -0.550. The number of nitrogens with zero attached hydrogens (tertiary/aromatic N) is 1. The van der Waals surface area contributed by atoms with Gasteiger partial charge in [-0.25, -0.2) is 0 Å². The van der Waals surface area contributed by atoms with Gasteiger partial charge in [0.25, 0.3) is 0 Å². The summed E-state index contributed by atoms with van der Waals surface area (Å²) in [7, 11) is 1.73. The fourth-order valence-electron chi connectivity index (χ4n) is 1.84. The topological polar surface area (TPSA) is 33.0 Å². The standard InChI is InChI=1S/C9H15NO/c1-7-3-8(6-10)5-9(4-7)11-2/h7-9H,3-5H2,1-2H3. The van der Waals surface area contributed by atoms with Crippen molar-refractivity contribution in [3.05, 3.63) is 0 Å². The molecular weight excluding hydrogens is 138 g/mol. The second-order valence-electron chi connectivity index (χ2n) is 3.50. The number of nitriles is 1. The predicted octanol–water partition coefficient (Wildman–Crippen LogP) is 1.96. The minimum atomic E-state index is 0.226. The summed E-state index contributed by atoms with van der Waals surface area (Å²) in [6.45, 7) is 2.19. The third-order valence-corrected chi connectivity index (χ3v) is 2.42. The van der Waals surface area contributed by atoms with Gasteiger partial charge in [-0.05, 0) is 25.2 Å². The van der Waals surface area contributed by atoms with Crippen molar-refractivity contribution in [2.75, 3.05) is 7.11 Å². The summed E-state index contributed by atoms with van der Waals surface area (Å²) < 4.78 is 5.24. The molecule has 1 saturated carbocycles. The maximum atomic E-state index is 8.72. The van der Waals surface area contributed by atoms with Gasteiger partial charge in [-0.3, -0.25) is 0 Å². The van der Waals surface area contributed by atoms with Gasteiger partial charge in [0.15, 0.2) is 0 Å². The van der Waals surface area contributed by atoms with Crippen LogP contribution in [0.3, 0.4) is 0 Å². The summed E-state index contributed by atoms with van der Waals surface area (Å²) in [5.41, 5.74) is 0. The molecule has 0 aromatic rings. The molecule has 2 nitrogen and oxygen atoms in total. The van der Waals surface area contributed by atoms with Crippen LogP contribution in [0.25, 0.3) is 0 Å². The maximum absolute atomic E-state index is 8.72. The van der Waals surface area contributed by atoms with Crippen LogP contribution in [0.2, 0.25) is 0 Å². The molecule has 2 heteroatoms. The van der Waals surface area contributed by atoms with E-state index < -0.39 is 0 Å². The van der Waals surface area contributed by atoms with Crippen LogP contribution in [0, 0.1) is 23.2 Å². The number of hydrogen-bond donors (Lipinski definition) is 0. The van der Waals surface area contributed by atoms with E-state index in [0.717, 1.165) is 19.3 Å². The van der Waals surface area contributed by atoms with E-state index in [0.29, 0.717) is 12.0 Å². The molecule has 0 bridgehead atoms. The number of rotatable bonds is 1. The van der Waals surface area contributed by atoms with E-state index in [1.807, 2.05) is 0 Å². The van der Waals surface area contributed by atoms with E-state index in [4.69, 9.17) is 10.00 Å². The molecule has 0 radical (unpaired) electrons. The second kappa shape index (κ2) is 3.73. The average Bonchev–Trinajstić information content (AvgIpc) is 2.03. The van der Waals surface area contributed by atoms with E-state index in [2.05, 4.69) is 13.0 Å². The molecule has 0 aromatic carbocycles. The van der Waals surface area contributed by atoms with Crippen LogP contribution < -0.4 is 0 Å². The van der Waals surface area contributed by atoms with Crippen LogP contribution in [0.5, 0.6) is 0 Å². The minimum absolute atomic E-state index is 0.226. The first kappa shape index (κ1) is 8.55. The molecule has 0 aromatic heterocycles. The first-order valence-electron chi connectivity index (χ1n) is 4.18. The normalized spacial score (nSPS) is 38.1. The second-order valence-corrected chi connectivity index (χ2v) is 3.50.